The van der Waals surface area contributed by atoms with Gasteiger partial charge in [-0.1, -0.05) is 110 Å². The molecular weight excluding hydrogens is 1520 g/mol. The molecule has 4 aromatic carbocycles. The number of rotatable bonds is 28. The van der Waals surface area contributed by atoms with Crippen molar-refractivity contribution in [2.45, 2.75) is 260 Å². The van der Waals surface area contributed by atoms with Crippen molar-refractivity contribution in [2.75, 3.05) is 109 Å². The smallest absolute Gasteiger partial charge is 0.323 e. The van der Waals surface area contributed by atoms with Gasteiger partial charge in [0.05, 0.1) is 78.7 Å². The molecule has 0 aromatic heterocycles. The van der Waals surface area contributed by atoms with E-state index in [9.17, 15) is 49.3 Å². The largest absolute Gasteiger partial charge is 0.493 e. The monoisotopic (exact) mass is 1750 g/mol. The number of hydrogen-bond acceptors (Lipinski definition) is 24. The molecule has 4 fully saturated rings. The molecule has 8 heterocycles. The molecule has 4 aromatic rings. The lowest BCUT2D eigenvalue weighted by Gasteiger charge is -2.47. The molecule has 16 unspecified atom stereocenters. The zero-order valence-corrected chi connectivity index (χ0v) is 68.7. The van der Waals surface area contributed by atoms with Gasteiger partial charge in [0, 0.05) is 207 Å². The molecule has 0 aliphatic carbocycles. The highest BCUT2D eigenvalue weighted by atomic mass is 16.6. The number of ether oxygens (including phenoxy) is 12. The Morgan fingerprint density at radius 3 is 0.842 bits per heavy atom. The SMILES string of the molecule is [2H]c1c(OC)c(OC([2H])([2H])[2H])c([2H])c2c1C1N(C([2H])([2H])C2([2H])[2H])C([2H])([2H])C([2H])(C([2H])([2H])C([2H])(C)C([2H])([2H])[2H])C(OC(=O)[C@@H](N)C(C)C)C1([2H])[2H].[2H]c1c(OC)c(OC([2H])([2H])[2H])c([2H])c2c1C1N(C([2H])([2H])C2([2H])[2H])C([2H])([2H])C([2H])(C([2H])([2H])C([2H])(C)C([2H])([2H])[2H])C([2H])(OC(=O)[C@@H](N)C(C)C)C1([2H])[2H].[2H]c1c(OC)c(OC)c([2H])c2c1C1N(C([2H])([2H])C2([2H])[2H])C([2H])([2H])C([2H])(C([2H])([2H])C([2H])(C)C([2H])([2H])[2H])C(OC(=O)[C@@H](N)C(C)C)C1([2H])[2H].[2H]c1c(OC)c(OC)c([2H])c2c1C1N(C([2H])([2H])C2([2H])[2H])C([2H])([2H])C([2H])(C([2H])([2H])C([2H])(C)C([2H])([2H])[2H])C([2H])(OC(=O)[C@@H](N)C(C)C)C1([2H])[2H]. The summed E-state index contributed by atoms with van der Waals surface area (Å²) in [4.78, 5) is 52.4. The van der Waals surface area contributed by atoms with Crippen LogP contribution >= 0.6 is 0 Å². The standard InChI is InChI=1S/4C24H38N2O4/c4*1-14(2)9-17-13-26-8-7-16-10-21(28-5)22(29-6)11-18(16)19(26)12-20(17)30-24(27)23(25)15(3)4/h4*10-11,14-15,17,19-20,23H,7-9,12-13,25H2,1-6H3/t4*17?,19?,20?,23-/m0000/s1/i1D3,5D3,7D2,8D2,9D2,10D,11D,12D2,13D2,14D,17D,20D;1D3,7D2,8D2,9D2,10D,11D,12D2,13D2,14D,17D,20D;1D3,5D3,7D2,8D2,9D2,10D,11D,12D2,13D2,14D,17D;1D3,7D2,8D2,9D2,10D,11D,12D2,13D2,14D,17D/t4*14?,17?,19?,20?,23-. The highest BCUT2D eigenvalue weighted by molar-refractivity contribution is 5.77. The molecule has 0 saturated carbocycles. The Hall–Kier alpha value is -7.16. The zero-order chi connectivity index (χ0) is 155. The van der Waals surface area contributed by atoms with Gasteiger partial charge in [-0.15, -0.1) is 0 Å². The Bertz CT molecular complexity index is 7780. The normalized spacial score (nSPS) is 47.6. The van der Waals surface area contributed by atoms with Crippen LogP contribution in [0, 0.1) is 70.8 Å². The van der Waals surface area contributed by atoms with Crippen molar-refractivity contribution in [2.24, 2.45) is 93.8 Å². The van der Waals surface area contributed by atoms with Crippen LogP contribution < -0.4 is 60.8 Å². The predicted molar refractivity (Wildman–Crippen MR) is 471 cm³/mol. The lowest BCUT2D eigenvalue weighted by atomic mass is 9.79. The molecular formula is C96H152N8O16. The Labute approximate surface area is 825 Å². The lowest BCUT2D eigenvalue weighted by molar-refractivity contribution is -0.161. The van der Waals surface area contributed by atoms with Gasteiger partial charge >= 0.3 is 23.9 Å². The summed E-state index contributed by atoms with van der Waals surface area (Å²) < 4.78 is 724. The Kier molecular flexibility index (Phi) is 13.3. The van der Waals surface area contributed by atoms with Crippen LogP contribution in [0.1, 0.15) is 334 Å². The van der Waals surface area contributed by atoms with E-state index in [1.807, 2.05) is 0 Å². The zero-order valence-electron chi connectivity index (χ0n) is 145. The van der Waals surface area contributed by atoms with Gasteiger partial charge in [-0.05, 0) is 191 Å². The van der Waals surface area contributed by atoms with E-state index in [1.54, 1.807) is 0 Å². The molecule has 12 rings (SSSR count). The summed E-state index contributed by atoms with van der Waals surface area (Å²) in [5.74, 6) is -47.4. The van der Waals surface area contributed by atoms with Gasteiger partial charge in [-0.25, -0.2) is 0 Å². The summed E-state index contributed by atoms with van der Waals surface area (Å²) in [5.41, 5.74) is 15.0. The fraction of sp³-hybridized carbons (Fsp3) is 0.708. The van der Waals surface area contributed by atoms with Crippen LogP contribution in [0.4, 0.5) is 0 Å². The van der Waals surface area contributed by atoms with Crippen LogP contribution in [0.5, 0.6) is 46.0 Å². The maximum atomic E-state index is 13.4. The van der Waals surface area contributed by atoms with E-state index in [-0.39, 0.29) is 19.6 Å². The average Bonchev–Trinajstić information content (AvgIpc) is 0.636. The van der Waals surface area contributed by atoms with Crippen LogP contribution in [0.2, 0.25) is 0 Å². The molecule has 4 saturated heterocycles. The minimum atomic E-state index is -4.55. The third kappa shape index (κ3) is 23.8. The molecule has 0 spiro atoms. The second kappa shape index (κ2) is 43.9. The molecule has 24 heteroatoms. The molecule has 0 bridgehead atoms. The van der Waals surface area contributed by atoms with Gasteiger partial charge in [0.1, 0.15) is 48.5 Å². The number of benzene rings is 4. The van der Waals surface area contributed by atoms with E-state index in [0.717, 1.165) is 42.7 Å². The van der Waals surface area contributed by atoms with Crippen molar-refractivity contribution in [1.82, 2.24) is 19.6 Å². The quantitative estimate of drug-likeness (QED) is 0.0303. The molecule has 0 radical (unpaired) electrons. The molecule has 8 aliphatic heterocycles. The summed E-state index contributed by atoms with van der Waals surface area (Å²) in [7, 11) is -0.902. The number of hydrogen-bond donors (Lipinski definition) is 4. The fourth-order valence-corrected chi connectivity index (χ4v) is 11.2. The first kappa shape index (κ1) is 36.4. The highest BCUT2D eigenvalue weighted by Crippen LogP contribution is 2.50. The summed E-state index contributed by atoms with van der Waals surface area (Å²) in [6, 6.07) is -26.3. The van der Waals surface area contributed by atoms with Gasteiger partial charge in [-0.2, -0.15) is 0 Å². The Morgan fingerprint density at radius 1 is 0.375 bits per heavy atom. The number of carbonyl (C=O) groups excluding carboxylic acids is 4. The molecule has 24 nitrogen and oxygen atoms in total. The van der Waals surface area contributed by atoms with Crippen LogP contribution in [0.15, 0.2) is 48.3 Å². The molecule has 20 atom stereocenters. The second-order valence-electron chi connectivity index (χ2n) is 28.1. The minimum Gasteiger partial charge on any atom is -0.493 e. The van der Waals surface area contributed by atoms with Crippen LogP contribution in [0.25, 0.3) is 0 Å². The Morgan fingerprint density at radius 2 is 0.600 bits per heavy atom. The van der Waals surface area contributed by atoms with Crippen molar-refractivity contribution in [3.05, 3.63) is 92.8 Å². The van der Waals surface area contributed by atoms with Crippen LogP contribution in [-0.4, -0.2) is 201 Å². The van der Waals surface area contributed by atoms with Crippen molar-refractivity contribution < 1.29 is 180 Å². The first-order chi connectivity index (χ1) is 86.3. The minimum absolute atomic E-state index is 0.168. The third-order valence-corrected chi connectivity index (χ3v) is 17.8. The molecule has 8 N–H and O–H groups in total. The van der Waals surface area contributed by atoms with E-state index in [4.69, 9.17) is 154 Å². The van der Waals surface area contributed by atoms with E-state index in [0.29, 0.717) is 27.7 Å². The van der Waals surface area contributed by atoms with E-state index < -0.39 is 476 Å². The Balaban J connectivity index is 0.000000283. The molecule has 8 aliphatic rings. The van der Waals surface area contributed by atoms with Crippen molar-refractivity contribution in [1.29, 1.82) is 0 Å². The summed E-state index contributed by atoms with van der Waals surface area (Å²) in [6.07, 6.45) is -61.7. The molecule has 0 amide bonds. The third-order valence-electron chi connectivity index (χ3n) is 17.8. The first-order valence-electron chi connectivity index (χ1n) is 74.7. The van der Waals surface area contributed by atoms with Crippen LogP contribution in [-0.2, 0) is 63.6 Å². The maximum absolute atomic E-state index is 13.4. The number of nitrogens with zero attached hydrogens (tertiary/aromatic N) is 4. The van der Waals surface area contributed by atoms with Gasteiger partial charge in [-0.3, -0.25) is 38.8 Å². The van der Waals surface area contributed by atoms with Gasteiger partial charge in [0.15, 0.2) is 46.0 Å². The van der Waals surface area contributed by atoms with Gasteiger partial charge in [0.25, 0.3) is 0 Å². The molecule has 672 valence electrons. The number of nitrogens with two attached hydrogens (primary N) is 4. The number of esters is 4. The highest BCUT2D eigenvalue weighted by Gasteiger charge is 2.47. The number of carbonyl (C=O) groups is 4. The summed E-state index contributed by atoms with van der Waals surface area (Å²) in [6.45, 7) is -34.4. The maximum Gasteiger partial charge on any atom is 0.323 e. The second-order valence-corrected chi connectivity index (χ2v) is 28.1. The fourth-order valence-electron chi connectivity index (χ4n) is 11.2. The van der Waals surface area contributed by atoms with Crippen molar-refractivity contribution >= 4 is 23.9 Å². The number of piperidine rings is 4. The van der Waals surface area contributed by atoms with Gasteiger partial charge < -0.3 is 79.8 Å². The number of methoxy groups -OCH3 is 8. The summed E-state index contributed by atoms with van der Waals surface area (Å²) in [5, 5.41) is 0. The predicted octanol–water partition coefficient (Wildman–Crippen LogP) is 14.3. The van der Waals surface area contributed by atoms with Crippen molar-refractivity contribution in [3.8, 4) is 46.0 Å². The molecule has 120 heavy (non-hydrogen) atoms. The van der Waals surface area contributed by atoms with E-state index >= 15 is 0 Å². The first-order valence-corrected chi connectivity index (χ1v) is 36.7. The van der Waals surface area contributed by atoms with Crippen LogP contribution in [0.3, 0.4) is 0 Å². The number of fused-ring (bicyclic) bond motifs is 12. The average molecular weight is 1750 g/mol. The lowest BCUT2D eigenvalue weighted by Crippen LogP contribution is -2.51. The van der Waals surface area contributed by atoms with Crippen molar-refractivity contribution in [3.63, 3.8) is 0 Å². The summed E-state index contributed by atoms with van der Waals surface area (Å²) >= 11 is 0. The van der Waals surface area contributed by atoms with Gasteiger partial charge in [0.2, 0.25) is 0 Å². The van der Waals surface area contributed by atoms with E-state index in [1.165, 1.54) is 55.4 Å². The topological polar surface area (TPSA) is 296 Å². The van der Waals surface area contributed by atoms with E-state index in [2.05, 4.69) is 0 Å².